The summed E-state index contributed by atoms with van der Waals surface area (Å²) in [6.07, 6.45) is 5.36. The molecule has 14 heavy (non-hydrogen) atoms. The van der Waals surface area contributed by atoms with E-state index < -0.39 is 0 Å². The first-order valence-electron chi connectivity index (χ1n) is 4.09. The summed E-state index contributed by atoms with van der Waals surface area (Å²) in [4.78, 5) is 7.19. The third-order valence-corrected chi connectivity index (χ3v) is 2.65. The second-order valence-electron chi connectivity index (χ2n) is 2.75. The number of fused-ring (bicyclic) bond motifs is 1. The number of nitrogens with zero attached hydrogens (tertiary/aromatic N) is 1. The van der Waals surface area contributed by atoms with Crippen LogP contribution in [0.2, 0.25) is 5.02 Å². The molecule has 0 spiro atoms. The van der Waals surface area contributed by atoms with Crippen molar-refractivity contribution in [3.63, 3.8) is 0 Å². The first-order chi connectivity index (χ1) is 6.83. The Balaban J connectivity index is 2.47. The summed E-state index contributed by atoms with van der Waals surface area (Å²) in [6, 6.07) is 1.95. The lowest BCUT2D eigenvalue weighted by atomic mass is 10.2. The maximum atomic E-state index is 6.03. The van der Waals surface area contributed by atoms with Crippen LogP contribution in [-0.4, -0.2) is 16.2 Å². The van der Waals surface area contributed by atoms with Crippen molar-refractivity contribution in [2.45, 2.75) is 6.61 Å². The lowest BCUT2D eigenvalue weighted by Crippen LogP contribution is -1.90. The summed E-state index contributed by atoms with van der Waals surface area (Å²) in [5.74, 6) is 0. The van der Waals surface area contributed by atoms with Crippen molar-refractivity contribution in [3.05, 3.63) is 29.0 Å². The van der Waals surface area contributed by atoms with Gasteiger partial charge < -0.3 is 9.17 Å². The summed E-state index contributed by atoms with van der Waals surface area (Å²) >= 11 is 7.36. The maximum absolute atomic E-state index is 6.03. The van der Waals surface area contributed by atoms with E-state index in [4.69, 9.17) is 15.8 Å². The van der Waals surface area contributed by atoms with Crippen molar-refractivity contribution >= 4 is 34.7 Å². The van der Waals surface area contributed by atoms with Gasteiger partial charge in [-0.05, 0) is 18.1 Å². The monoisotopic (exact) mass is 228 g/mol. The first kappa shape index (κ1) is 9.83. The van der Waals surface area contributed by atoms with Gasteiger partial charge in [-0.25, -0.2) is 4.98 Å². The number of aromatic nitrogens is 2. The van der Waals surface area contributed by atoms with Crippen molar-refractivity contribution in [3.8, 4) is 0 Å². The Bertz CT molecular complexity index is 443. The zero-order valence-electron chi connectivity index (χ0n) is 7.58. The highest BCUT2D eigenvalue weighted by molar-refractivity contribution is 7.93. The fourth-order valence-electron chi connectivity index (χ4n) is 1.30. The van der Waals surface area contributed by atoms with Crippen LogP contribution in [0.1, 0.15) is 5.56 Å². The van der Waals surface area contributed by atoms with E-state index in [0.29, 0.717) is 11.6 Å². The van der Waals surface area contributed by atoms with Crippen molar-refractivity contribution in [1.82, 2.24) is 9.97 Å². The molecule has 2 heterocycles. The summed E-state index contributed by atoms with van der Waals surface area (Å²) in [5, 5.41) is 1.66. The molecular weight excluding hydrogens is 220 g/mol. The topological polar surface area (TPSA) is 37.9 Å². The molecule has 2 aromatic heterocycles. The van der Waals surface area contributed by atoms with Gasteiger partial charge in [0.1, 0.15) is 5.65 Å². The molecule has 0 bridgehead atoms. The van der Waals surface area contributed by atoms with Crippen LogP contribution in [0.5, 0.6) is 0 Å². The zero-order valence-corrected chi connectivity index (χ0v) is 9.15. The molecule has 0 aromatic carbocycles. The highest BCUT2D eigenvalue weighted by Crippen LogP contribution is 2.25. The average Bonchev–Trinajstić information content (AvgIpc) is 2.64. The quantitative estimate of drug-likeness (QED) is 0.821. The van der Waals surface area contributed by atoms with Gasteiger partial charge in [-0.15, -0.1) is 0 Å². The smallest absolute Gasteiger partial charge is 0.137 e. The zero-order chi connectivity index (χ0) is 9.97. The van der Waals surface area contributed by atoms with Gasteiger partial charge in [0.2, 0.25) is 0 Å². The predicted octanol–water partition coefficient (Wildman–Crippen LogP) is 3.01. The minimum Gasteiger partial charge on any atom is -0.346 e. The molecule has 0 fully saturated rings. The van der Waals surface area contributed by atoms with E-state index in [0.717, 1.165) is 16.6 Å². The van der Waals surface area contributed by atoms with E-state index in [2.05, 4.69) is 9.97 Å². The molecular formula is C9H9ClN2OS. The largest absolute Gasteiger partial charge is 0.346 e. The highest BCUT2D eigenvalue weighted by atomic mass is 35.5. The Morgan fingerprint density at radius 3 is 3.29 bits per heavy atom. The lowest BCUT2D eigenvalue weighted by Gasteiger charge is -2.04. The molecule has 0 atom stereocenters. The Morgan fingerprint density at radius 1 is 1.64 bits per heavy atom. The van der Waals surface area contributed by atoms with Crippen LogP contribution < -0.4 is 0 Å². The standard InChI is InChI=1S/C9H9ClN2OS/c1-14-13-5-7-6-2-3-11-9(6)12-4-8(7)10/h2-4H,5H2,1H3,(H,11,12). The molecule has 74 valence electrons. The summed E-state index contributed by atoms with van der Waals surface area (Å²) in [7, 11) is 0. The molecule has 0 saturated heterocycles. The minimum absolute atomic E-state index is 0.497. The van der Waals surface area contributed by atoms with E-state index in [1.54, 1.807) is 6.20 Å². The number of rotatable bonds is 3. The predicted molar refractivity (Wildman–Crippen MR) is 59.4 cm³/mol. The number of H-pyrrole nitrogens is 1. The van der Waals surface area contributed by atoms with Gasteiger partial charge in [0.05, 0.1) is 11.6 Å². The third-order valence-electron chi connectivity index (χ3n) is 1.97. The van der Waals surface area contributed by atoms with Crippen LogP contribution in [0.25, 0.3) is 11.0 Å². The van der Waals surface area contributed by atoms with Crippen LogP contribution in [0.15, 0.2) is 18.5 Å². The molecule has 0 saturated carbocycles. The number of hydrogen-bond donors (Lipinski definition) is 1. The number of nitrogens with one attached hydrogen (secondary N) is 1. The van der Waals surface area contributed by atoms with Gasteiger partial charge in [-0.2, -0.15) is 0 Å². The summed E-state index contributed by atoms with van der Waals surface area (Å²) in [6.45, 7) is 0.497. The second-order valence-corrected chi connectivity index (χ2v) is 3.73. The van der Waals surface area contributed by atoms with Gasteiger partial charge in [0.25, 0.3) is 0 Å². The van der Waals surface area contributed by atoms with E-state index in [1.807, 2.05) is 18.5 Å². The Kier molecular flexibility index (Phi) is 2.96. The van der Waals surface area contributed by atoms with Gasteiger partial charge >= 0.3 is 0 Å². The normalized spacial score (nSPS) is 11.0. The molecule has 2 rings (SSSR count). The first-order valence-corrected chi connectivity index (χ1v) is 5.62. The Labute approximate surface area is 91.0 Å². The molecule has 2 aromatic rings. The number of hydrogen-bond acceptors (Lipinski definition) is 3. The maximum Gasteiger partial charge on any atom is 0.137 e. The van der Waals surface area contributed by atoms with Crippen LogP contribution in [0.4, 0.5) is 0 Å². The number of pyridine rings is 1. The molecule has 3 nitrogen and oxygen atoms in total. The van der Waals surface area contributed by atoms with Crippen molar-refractivity contribution in [1.29, 1.82) is 0 Å². The minimum atomic E-state index is 0.497. The SMILES string of the molecule is CSOCc1c(Cl)cnc2[nH]ccc12. The Morgan fingerprint density at radius 2 is 2.50 bits per heavy atom. The van der Waals surface area contributed by atoms with E-state index in [1.165, 1.54) is 12.0 Å². The van der Waals surface area contributed by atoms with Crippen LogP contribution >= 0.6 is 23.6 Å². The Hall–Kier alpha value is -0.710. The van der Waals surface area contributed by atoms with Crippen LogP contribution in [0.3, 0.4) is 0 Å². The molecule has 1 N–H and O–H groups in total. The molecule has 0 amide bonds. The van der Waals surface area contributed by atoms with Gasteiger partial charge in [0.15, 0.2) is 0 Å². The third kappa shape index (κ3) is 1.73. The van der Waals surface area contributed by atoms with Crippen molar-refractivity contribution in [2.24, 2.45) is 0 Å². The molecule has 0 aliphatic heterocycles. The second kappa shape index (κ2) is 4.21. The van der Waals surface area contributed by atoms with Gasteiger partial charge in [0, 0.05) is 29.6 Å². The van der Waals surface area contributed by atoms with Crippen molar-refractivity contribution < 1.29 is 4.18 Å². The van der Waals surface area contributed by atoms with Gasteiger partial charge in [-0.1, -0.05) is 11.6 Å². The van der Waals surface area contributed by atoms with Crippen molar-refractivity contribution in [2.75, 3.05) is 6.26 Å². The lowest BCUT2D eigenvalue weighted by molar-refractivity contribution is 0.368. The molecule has 0 unspecified atom stereocenters. The van der Waals surface area contributed by atoms with Crippen LogP contribution in [-0.2, 0) is 10.8 Å². The fourth-order valence-corrected chi connectivity index (χ4v) is 1.74. The fraction of sp³-hybridized carbons (Fsp3) is 0.222. The number of halogens is 1. The summed E-state index contributed by atoms with van der Waals surface area (Å²) in [5.41, 5.74) is 1.82. The number of aromatic amines is 1. The molecule has 5 heteroatoms. The molecule has 0 radical (unpaired) electrons. The van der Waals surface area contributed by atoms with E-state index >= 15 is 0 Å². The van der Waals surface area contributed by atoms with E-state index in [9.17, 15) is 0 Å². The molecule has 0 aliphatic carbocycles. The van der Waals surface area contributed by atoms with Gasteiger partial charge in [-0.3, -0.25) is 0 Å². The van der Waals surface area contributed by atoms with E-state index in [-0.39, 0.29) is 0 Å². The summed E-state index contributed by atoms with van der Waals surface area (Å²) < 4.78 is 5.27. The molecule has 0 aliphatic rings. The van der Waals surface area contributed by atoms with Crippen LogP contribution in [0, 0.1) is 0 Å². The average molecular weight is 229 g/mol. The highest BCUT2D eigenvalue weighted by Gasteiger charge is 2.07.